The Labute approximate surface area is 150 Å². The number of carbonyl (C=O) groups is 2. The molecule has 0 aliphatic carbocycles. The first-order valence-corrected chi connectivity index (χ1v) is 8.26. The van der Waals surface area contributed by atoms with Gasteiger partial charge in [-0.25, -0.2) is 0 Å². The van der Waals surface area contributed by atoms with Gasteiger partial charge >= 0.3 is 12.1 Å². The monoisotopic (exact) mass is 388 g/mol. The summed E-state index contributed by atoms with van der Waals surface area (Å²) in [6, 6.07) is 4.44. The maximum Gasteiger partial charge on any atom is 0.421 e. The van der Waals surface area contributed by atoms with Crippen LogP contribution in [0.2, 0.25) is 0 Å². The van der Waals surface area contributed by atoms with Gasteiger partial charge in [0.2, 0.25) is 5.91 Å². The van der Waals surface area contributed by atoms with Crippen LogP contribution in [0.3, 0.4) is 0 Å². The summed E-state index contributed by atoms with van der Waals surface area (Å²) in [6.07, 6.45) is -3.85. The number of pyridine rings is 1. The number of hydrogen-bond acceptors (Lipinski definition) is 5. The molecular weight excluding hydrogens is 373 g/mol. The van der Waals surface area contributed by atoms with Crippen LogP contribution in [0.25, 0.3) is 0 Å². The number of halogens is 3. The number of rotatable bonds is 6. The second-order valence-electron chi connectivity index (χ2n) is 5.27. The number of nitrogens with one attached hydrogen (secondary N) is 1. The molecule has 0 aromatic carbocycles. The van der Waals surface area contributed by atoms with Crippen molar-refractivity contribution < 1.29 is 27.5 Å². The van der Waals surface area contributed by atoms with Crippen LogP contribution in [0.5, 0.6) is 0 Å². The zero-order valence-corrected chi connectivity index (χ0v) is 14.4. The number of thiophene rings is 1. The molecule has 140 valence electrons. The largest absolute Gasteiger partial charge is 0.469 e. The molecule has 0 fully saturated rings. The van der Waals surface area contributed by atoms with Gasteiger partial charge in [-0.3, -0.25) is 14.4 Å². The number of esters is 1. The number of aromatic nitrogens is 1. The van der Waals surface area contributed by atoms with Crippen LogP contribution in [0.15, 0.2) is 40.6 Å². The van der Waals surface area contributed by atoms with Gasteiger partial charge in [0, 0.05) is 11.1 Å². The molecule has 2 rings (SSSR count). The predicted molar refractivity (Wildman–Crippen MR) is 87.5 cm³/mol. The summed E-state index contributed by atoms with van der Waals surface area (Å²) in [5.41, 5.74) is -2.66. The van der Waals surface area contributed by atoms with E-state index in [0.717, 1.165) is 12.3 Å². The van der Waals surface area contributed by atoms with Gasteiger partial charge in [-0.1, -0.05) is 6.07 Å². The van der Waals surface area contributed by atoms with Gasteiger partial charge in [0.15, 0.2) is 0 Å². The van der Waals surface area contributed by atoms with Gasteiger partial charge in [-0.2, -0.15) is 13.2 Å². The van der Waals surface area contributed by atoms with E-state index >= 15 is 0 Å². The molecule has 10 heteroatoms. The summed E-state index contributed by atoms with van der Waals surface area (Å²) in [7, 11) is 1.21. The molecule has 2 aromatic rings. The van der Waals surface area contributed by atoms with Crippen molar-refractivity contribution in [2.24, 2.45) is 0 Å². The van der Waals surface area contributed by atoms with Crippen molar-refractivity contribution in [1.82, 2.24) is 9.88 Å². The van der Waals surface area contributed by atoms with Crippen LogP contribution in [0.1, 0.15) is 22.9 Å². The van der Waals surface area contributed by atoms with E-state index in [1.807, 2.05) is 0 Å². The van der Waals surface area contributed by atoms with Crippen molar-refractivity contribution in [3.63, 3.8) is 0 Å². The second-order valence-corrected chi connectivity index (χ2v) is 6.25. The standard InChI is InChI=1S/C16H15F3N2O4S/c1-25-14(23)8-11(12-5-3-7-26-12)20-13(22)9-21-6-2-4-10(15(21)24)16(17,18)19/h2-7,11H,8-9H2,1H3,(H,20,22). The lowest BCUT2D eigenvalue weighted by atomic mass is 10.1. The second kappa shape index (κ2) is 8.17. The molecule has 0 saturated carbocycles. The molecule has 6 nitrogen and oxygen atoms in total. The van der Waals surface area contributed by atoms with Crippen LogP contribution in [-0.2, 0) is 27.0 Å². The first-order valence-electron chi connectivity index (χ1n) is 7.38. The minimum Gasteiger partial charge on any atom is -0.469 e. The fraction of sp³-hybridized carbons (Fsp3) is 0.312. The molecule has 0 saturated heterocycles. The average Bonchev–Trinajstić information content (AvgIpc) is 3.09. The average molecular weight is 388 g/mol. The lowest BCUT2D eigenvalue weighted by Gasteiger charge is -2.17. The highest BCUT2D eigenvalue weighted by molar-refractivity contribution is 7.10. The zero-order chi connectivity index (χ0) is 19.3. The lowest BCUT2D eigenvalue weighted by molar-refractivity contribution is -0.141. The van der Waals surface area contributed by atoms with Gasteiger partial charge in [-0.15, -0.1) is 11.3 Å². The highest BCUT2D eigenvalue weighted by Crippen LogP contribution is 2.26. The van der Waals surface area contributed by atoms with E-state index in [0.29, 0.717) is 15.5 Å². The molecule has 2 aromatic heterocycles. The third-order valence-electron chi connectivity index (χ3n) is 3.46. The Kier molecular flexibility index (Phi) is 6.19. The normalized spacial score (nSPS) is 12.5. The number of hydrogen-bond donors (Lipinski definition) is 1. The number of amides is 1. The molecule has 26 heavy (non-hydrogen) atoms. The van der Waals surface area contributed by atoms with E-state index in [1.54, 1.807) is 17.5 Å². The van der Waals surface area contributed by atoms with Crippen molar-refractivity contribution in [3.8, 4) is 0 Å². The maximum atomic E-state index is 12.8. The van der Waals surface area contributed by atoms with Gasteiger partial charge < -0.3 is 14.6 Å². The summed E-state index contributed by atoms with van der Waals surface area (Å²) in [4.78, 5) is 36.3. The van der Waals surface area contributed by atoms with Crippen LogP contribution in [-0.4, -0.2) is 23.6 Å². The van der Waals surface area contributed by atoms with Crippen LogP contribution in [0, 0.1) is 0 Å². The van der Waals surface area contributed by atoms with E-state index in [2.05, 4.69) is 10.1 Å². The highest BCUT2D eigenvalue weighted by atomic mass is 32.1. The van der Waals surface area contributed by atoms with Crippen molar-refractivity contribution in [2.45, 2.75) is 25.2 Å². The quantitative estimate of drug-likeness (QED) is 0.771. The molecule has 0 radical (unpaired) electrons. The smallest absolute Gasteiger partial charge is 0.421 e. The van der Waals surface area contributed by atoms with Gasteiger partial charge in [0.1, 0.15) is 12.1 Å². The first-order chi connectivity index (χ1) is 12.2. The summed E-state index contributed by atoms with van der Waals surface area (Å²) in [5, 5.41) is 4.30. The Morgan fingerprint density at radius 1 is 1.31 bits per heavy atom. The number of methoxy groups -OCH3 is 1. The van der Waals surface area contributed by atoms with E-state index < -0.39 is 41.8 Å². The topological polar surface area (TPSA) is 77.4 Å². The number of carbonyl (C=O) groups excluding carboxylic acids is 2. The van der Waals surface area contributed by atoms with Gasteiger partial charge in [0.05, 0.1) is 19.6 Å². The molecule has 1 unspecified atom stereocenters. The van der Waals surface area contributed by atoms with E-state index in [9.17, 15) is 27.6 Å². The molecular formula is C16H15F3N2O4S. The number of nitrogens with zero attached hydrogens (tertiary/aromatic N) is 1. The molecule has 1 N–H and O–H groups in total. The van der Waals surface area contributed by atoms with Crippen LogP contribution < -0.4 is 10.9 Å². The minimum atomic E-state index is -4.80. The Balaban J connectivity index is 2.16. The molecule has 0 aliphatic rings. The SMILES string of the molecule is COC(=O)CC(NC(=O)Cn1cccc(C(F)(F)F)c1=O)c1cccs1. The van der Waals surface area contributed by atoms with Crippen molar-refractivity contribution in [1.29, 1.82) is 0 Å². The van der Waals surface area contributed by atoms with Crippen LogP contribution in [0.4, 0.5) is 13.2 Å². The van der Waals surface area contributed by atoms with Crippen molar-refractivity contribution in [2.75, 3.05) is 7.11 Å². The molecule has 1 amide bonds. The minimum absolute atomic E-state index is 0.139. The lowest BCUT2D eigenvalue weighted by Crippen LogP contribution is -2.37. The summed E-state index contributed by atoms with van der Waals surface area (Å²) < 4.78 is 43.6. The fourth-order valence-electron chi connectivity index (χ4n) is 2.23. The third-order valence-corrected chi connectivity index (χ3v) is 4.45. The Hall–Kier alpha value is -2.62. The van der Waals surface area contributed by atoms with Crippen LogP contribution >= 0.6 is 11.3 Å². The zero-order valence-electron chi connectivity index (χ0n) is 13.6. The Bertz CT molecular complexity index is 831. The Morgan fingerprint density at radius 3 is 2.62 bits per heavy atom. The molecule has 2 heterocycles. The highest BCUT2D eigenvalue weighted by Gasteiger charge is 2.34. The predicted octanol–water partition coefficient (Wildman–Crippen LogP) is 2.35. The summed E-state index contributed by atoms with van der Waals surface area (Å²) in [6.45, 7) is -0.605. The molecule has 0 spiro atoms. The summed E-state index contributed by atoms with van der Waals surface area (Å²) >= 11 is 1.30. The van der Waals surface area contributed by atoms with Crippen molar-refractivity contribution >= 4 is 23.2 Å². The maximum absolute atomic E-state index is 12.8. The van der Waals surface area contributed by atoms with Gasteiger partial charge in [-0.05, 0) is 23.6 Å². The number of ether oxygens (including phenoxy) is 1. The summed E-state index contributed by atoms with van der Waals surface area (Å²) in [5.74, 6) is -1.26. The molecule has 0 bridgehead atoms. The van der Waals surface area contributed by atoms with Crippen molar-refractivity contribution in [3.05, 3.63) is 56.6 Å². The first kappa shape index (κ1) is 19.7. The van der Waals surface area contributed by atoms with Gasteiger partial charge in [0.25, 0.3) is 5.56 Å². The third kappa shape index (κ3) is 4.94. The fourth-order valence-corrected chi connectivity index (χ4v) is 3.01. The van der Waals surface area contributed by atoms with E-state index in [4.69, 9.17) is 0 Å². The molecule has 1 atom stereocenters. The van der Waals surface area contributed by atoms with E-state index in [1.165, 1.54) is 18.4 Å². The Morgan fingerprint density at radius 2 is 2.04 bits per heavy atom. The molecule has 0 aliphatic heterocycles. The van der Waals surface area contributed by atoms with E-state index in [-0.39, 0.29) is 6.42 Å². The number of alkyl halides is 3.